The van der Waals surface area contributed by atoms with Crippen molar-refractivity contribution < 1.29 is 0 Å². The van der Waals surface area contributed by atoms with Gasteiger partial charge in [0, 0.05) is 26.8 Å². The molecule has 0 aliphatic carbocycles. The second-order valence-electron chi connectivity index (χ2n) is 14.5. The van der Waals surface area contributed by atoms with Crippen molar-refractivity contribution in [1.82, 2.24) is 24.9 Å². The van der Waals surface area contributed by atoms with Crippen LogP contribution in [0.25, 0.3) is 110 Å². The lowest BCUT2D eigenvalue weighted by molar-refractivity contribution is 1.07. The molecule has 0 amide bonds. The first-order valence-corrected chi connectivity index (χ1v) is 20.4. The van der Waals surface area contributed by atoms with Gasteiger partial charge < -0.3 is 0 Å². The molecular weight excluding hydrogens is 739 g/mol. The molecule has 0 fully saturated rings. The molecule has 5 nitrogen and oxygen atoms in total. The quantitative estimate of drug-likeness (QED) is 0.161. The lowest BCUT2D eigenvalue weighted by atomic mass is 9.96. The van der Waals surface area contributed by atoms with E-state index in [1.165, 1.54) is 21.4 Å². The molecule has 0 saturated heterocycles. The highest BCUT2D eigenvalue weighted by atomic mass is 32.1. The average molecular weight is 772 g/mol. The fourth-order valence-corrected chi connectivity index (χ4v) is 8.87. The van der Waals surface area contributed by atoms with Crippen LogP contribution < -0.4 is 0 Å². The predicted octanol–water partition coefficient (Wildman–Crippen LogP) is 13.9. The fraction of sp³-hybridized carbons (Fsp3) is 0. The summed E-state index contributed by atoms with van der Waals surface area (Å²) in [6, 6.07) is 69.5. The van der Waals surface area contributed by atoms with Gasteiger partial charge in [-0.1, -0.05) is 182 Å². The number of hydrogen-bond donors (Lipinski definition) is 0. The van der Waals surface area contributed by atoms with Gasteiger partial charge in [-0.3, -0.25) is 0 Å². The van der Waals surface area contributed by atoms with E-state index < -0.39 is 0 Å². The summed E-state index contributed by atoms with van der Waals surface area (Å²) in [6.07, 6.45) is 0. The first kappa shape index (κ1) is 34.6. The Morgan fingerprint density at radius 1 is 0.288 bits per heavy atom. The van der Waals surface area contributed by atoms with Crippen LogP contribution in [0.2, 0.25) is 0 Å². The highest BCUT2D eigenvalue weighted by molar-refractivity contribution is 7.26. The Balaban J connectivity index is 0.882. The Morgan fingerprint density at radius 3 is 1.27 bits per heavy atom. The molecule has 6 heteroatoms. The van der Waals surface area contributed by atoms with Crippen molar-refractivity contribution in [3.05, 3.63) is 200 Å². The molecule has 0 radical (unpaired) electrons. The van der Waals surface area contributed by atoms with E-state index in [4.69, 9.17) is 24.9 Å². The second kappa shape index (κ2) is 14.7. The molecule has 59 heavy (non-hydrogen) atoms. The lowest BCUT2D eigenvalue weighted by Gasteiger charge is -2.10. The predicted molar refractivity (Wildman–Crippen MR) is 244 cm³/mol. The van der Waals surface area contributed by atoms with Crippen molar-refractivity contribution in [2.45, 2.75) is 0 Å². The summed E-state index contributed by atoms with van der Waals surface area (Å²) in [5.74, 6) is 1.91. The first-order chi connectivity index (χ1) is 29.2. The van der Waals surface area contributed by atoms with Gasteiger partial charge in [-0.05, 0) is 62.7 Å². The highest BCUT2D eigenvalue weighted by Crippen LogP contribution is 2.40. The minimum Gasteiger partial charge on any atom is -0.243 e. The lowest BCUT2D eigenvalue weighted by Crippen LogP contribution is -2.00. The van der Waals surface area contributed by atoms with Crippen molar-refractivity contribution >= 4 is 42.8 Å². The molecule has 3 aromatic heterocycles. The van der Waals surface area contributed by atoms with E-state index >= 15 is 0 Å². The van der Waals surface area contributed by atoms with Crippen molar-refractivity contribution in [1.29, 1.82) is 0 Å². The molecule has 276 valence electrons. The van der Waals surface area contributed by atoms with Gasteiger partial charge in [-0.15, -0.1) is 11.3 Å². The number of hydrogen-bond acceptors (Lipinski definition) is 6. The van der Waals surface area contributed by atoms with Crippen LogP contribution in [0.4, 0.5) is 0 Å². The van der Waals surface area contributed by atoms with Crippen LogP contribution in [-0.4, -0.2) is 24.9 Å². The van der Waals surface area contributed by atoms with E-state index in [0.717, 1.165) is 71.3 Å². The van der Waals surface area contributed by atoms with Gasteiger partial charge in [0.05, 0.1) is 11.0 Å². The van der Waals surface area contributed by atoms with Crippen LogP contribution in [0.15, 0.2) is 200 Å². The highest BCUT2D eigenvalue weighted by Gasteiger charge is 2.15. The number of aromatic nitrogens is 5. The molecule has 0 saturated carbocycles. The second-order valence-corrected chi connectivity index (χ2v) is 15.5. The summed E-state index contributed by atoms with van der Waals surface area (Å²) < 4.78 is 1.21. The SMILES string of the molecule is c1ccc(-c2ccc(-c3nc(-c4ccccc4)nc(-c4ccc(-c5cccc(-c6ccc(-c7cccc8c7sc7nc9ccccc9nc78)cc6)c5)cc4)n3)cc2)cc1. The Morgan fingerprint density at radius 2 is 0.695 bits per heavy atom. The maximum Gasteiger partial charge on any atom is 0.164 e. The third kappa shape index (κ3) is 6.61. The van der Waals surface area contributed by atoms with Crippen molar-refractivity contribution in [2.24, 2.45) is 0 Å². The van der Waals surface area contributed by atoms with Crippen molar-refractivity contribution in [3.8, 4) is 78.7 Å². The zero-order valence-corrected chi connectivity index (χ0v) is 32.5. The van der Waals surface area contributed by atoms with E-state index in [1.54, 1.807) is 11.3 Å². The van der Waals surface area contributed by atoms with Crippen LogP contribution in [-0.2, 0) is 0 Å². The van der Waals surface area contributed by atoms with Crippen LogP contribution >= 0.6 is 11.3 Å². The minimum absolute atomic E-state index is 0.633. The molecule has 0 atom stereocenters. The number of nitrogens with zero attached hydrogens (tertiary/aromatic N) is 5. The normalized spacial score (nSPS) is 11.4. The van der Waals surface area contributed by atoms with Gasteiger partial charge in [0.1, 0.15) is 10.3 Å². The smallest absolute Gasteiger partial charge is 0.164 e. The Hall–Kier alpha value is -7.67. The maximum atomic E-state index is 5.00. The third-order valence-electron chi connectivity index (χ3n) is 10.8. The zero-order chi connectivity index (χ0) is 39.1. The summed E-state index contributed by atoms with van der Waals surface area (Å²) in [6.45, 7) is 0. The average Bonchev–Trinajstić information content (AvgIpc) is 3.69. The van der Waals surface area contributed by atoms with Crippen molar-refractivity contribution in [3.63, 3.8) is 0 Å². The number of para-hydroxylation sites is 2. The Labute approximate surface area is 345 Å². The molecule has 0 aliphatic heterocycles. The Kier molecular flexibility index (Phi) is 8.60. The van der Waals surface area contributed by atoms with Gasteiger partial charge >= 0.3 is 0 Å². The number of fused-ring (bicyclic) bond motifs is 4. The van der Waals surface area contributed by atoms with E-state index in [-0.39, 0.29) is 0 Å². The summed E-state index contributed by atoms with van der Waals surface area (Å²) in [4.78, 5) is 25.8. The van der Waals surface area contributed by atoms with E-state index in [9.17, 15) is 0 Å². The van der Waals surface area contributed by atoms with Crippen LogP contribution in [0.3, 0.4) is 0 Å². The van der Waals surface area contributed by atoms with Crippen molar-refractivity contribution in [2.75, 3.05) is 0 Å². The van der Waals surface area contributed by atoms with E-state index in [1.807, 2.05) is 60.7 Å². The van der Waals surface area contributed by atoms with Crippen LogP contribution in [0.5, 0.6) is 0 Å². The van der Waals surface area contributed by atoms with Gasteiger partial charge in [-0.2, -0.15) is 0 Å². The molecule has 0 N–H and O–H groups in total. The summed E-state index contributed by atoms with van der Waals surface area (Å²) in [5.41, 5.74) is 14.9. The Bertz CT molecular complexity index is 3290. The molecule has 3 heterocycles. The topological polar surface area (TPSA) is 64.5 Å². The molecule has 0 bridgehead atoms. The first-order valence-electron chi connectivity index (χ1n) is 19.6. The molecular formula is C53H33N5S. The largest absolute Gasteiger partial charge is 0.243 e. The molecule has 0 aliphatic rings. The van der Waals surface area contributed by atoms with E-state index in [0.29, 0.717) is 17.5 Å². The van der Waals surface area contributed by atoms with Gasteiger partial charge in [-0.25, -0.2) is 24.9 Å². The molecule has 11 rings (SSSR count). The molecule has 8 aromatic carbocycles. The summed E-state index contributed by atoms with van der Waals surface area (Å²) >= 11 is 1.71. The van der Waals surface area contributed by atoms with Crippen LogP contribution in [0.1, 0.15) is 0 Å². The molecule has 11 aromatic rings. The number of benzene rings is 8. The number of thiophene rings is 1. The van der Waals surface area contributed by atoms with Crippen LogP contribution in [0, 0.1) is 0 Å². The minimum atomic E-state index is 0.633. The molecule has 0 spiro atoms. The fourth-order valence-electron chi connectivity index (χ4n) is 7.71. The van der Waals surface area contributed by atoms with Gasteiger partial charge in [0.15, 0.2) is 17.5 Å². The maximum absolute atomic E-state index is 5.00. The summed E-state index contributed by atoms with van der Waals surface area (Å²) in [5, 5.41) is 1.14. The van der Waals surface area contributed by atoms with E-state index in [2.05, 4.69) is 140 Å². The van der Waals surface area contributed by atoms with Gasteiger partial charge in [0.2, 0.25) is 0 Å². The zero-order valence-electron chi connectivity index (χ0n) is 31.7. The molecule has 0 unspecified atom stereocenters. The standard InChI is InChI=1S/C53H33N5S/c1-3-11-34(12-4-1)35-23-29-40(30-24-35)51-56-50(39-13-5-2-6-14-39)57-52(58-51)41-31-25-37(26-32-41)43-16-9-15-42(33-43)36-21-27-38(28-22-36)44-17-10-18-45-48-53(59-49(44)45)55-47-20-8-7-19-46(47)54-48/h1-33H. The monoisotopic (exact) mass is 771 g/mol. The third-order valence-corrected chi connectivity index (χ3v) is 11.9. The summed E-state index contributed by atoms with van der Waals surface area (Å²) in [7, 11) is 0. The van der Waals surface area contributed by atoms with Gasteiger partial charge in [0.25, 0.3) is 0 Å². The number of rotatable bonds is 7.